The van der Waals surface area contributed by atoms with Crippen molar-refractivity contribution >= 4 is 0 Å². The molecule has 0 aliphatic carbocycles. The highest BCUT2D eigenvalue weighted by molar-refractivity contribution is 5.15. The van der Waals surface area contributed by atoms with Crippen molar-refractivity contribution in [3.8, 4) is 0 Å². The van der Waals surface area contributed by atoms with Crippen molar-refractivity contribution in [3.05, 3.63) is 77.7 Å². The van der Waals surface area contributed by atoms with Gasteiger partial charge in [-0.15, -0.1) is 0 Å². The van der Waals surface area contributed by atoms with Crippen LogP contribution in [0.3, 0.4) is 0 Å². The van der Waals surface area contributed by atoms with Crippen molar-refractivity contribution in [2.24, 2.45) is 0 Å². The standard InChI is InChI=1S/C21H24N4O/c1-2-7-17(8-3-1)11-12-20-23-21(26-24-20)16-25-14-6-9-18(15-25)19-10-4-5-13-22-19/h1-5,7-8,10,13,18H,6,9,11-12,14-16H2. The molecule has 0 radical (unpaired) electrons. The summed E-state index contributed by atoms with van der Waals surface area (Å²) in [5.74, 6) is 2.00. The molecule has 0 spiro atoms. The van der Waals surface area contributed by atoms with E-state index in [0.717, 1.165) is 44.2 Å². The Bertz CT molecular complexity index is 803. The van der Waals surface area contributed by atoms with Crippen LogP contribution in [0.15, 0.2) is 59.3 Å². The maximum absolute atomic E-state index is 5.48. The van der Waals surface area contributed by atoms with Crippen molar-refractivity contribution < 1.29 is 4.52 Å². The monoisotopic (exact) mass is 348 g/mol. The Morgan fingerprint density at radius 2 is 1.92 bits per heavy atom. The second-order valence-corrected chi connectivity index (χ2v) is 6.92. The van der Waals surface area contributed by atoms with E-state index in [4.69, 9.17) is 4.52 Å². The molecular weight excluding hydrogens is 324 g/mol. The number of aryl methyl sites for hydroxylation is 2. The minimum Gasteiger partial charge on any atom is -0.338 e. The number of piperidine rings is 1. The molecule has 5 nitrogen and oxygen atoms in total. The Kier molecular flexibility index (Phi) is 5.36. The largest absolute Gasteiger partial charge is 0.338 e. The summed E-state index contributed by atoms with van der Waals surface area (Å²) in [6, 6.07) is 16.6. The second kappa shape index (κ2) is 8.23. The number of nitrogens with zero attached hydrogens (tertiary/aromatic N) is 4. The summed E-state index contributed by atoms with van der Waals surface area (Å²) in [5.41, 5.74) is 2.49. The van der Waals surface area contributed by atoms with Crippen LogP contribution in [0.1, 0.15) is 41.7 Å². The lowest BCUT2D eigenvalue weighted by Gasteiger charge is -2.31. The number of aromatic nitrogens is 3. The van der Waals surface area contributed by atoms with Crippen molar-refractivity contribution in [1.82, 2.24) is 20.0 Å². The van der Waals surface area contributed by atoms with E-state index in [-0.39, 0.29) is 0 Å². The third-order valence-corrected chi connectivity index (χ3v) is 4.96. The summed E-state index contributed by atoms with van der Waals surface area (Å²) >= 11 is 0. The van der Waals surface area contributed by atoms with E-state index in [1.54, 1.807) is 0 Å². The van der Waals surface area contributed by atoms with E-state index in [9.17, 15) is 0 Å². The fourth-order valence-corrected chi connectivity index (χ4v) is 3.61. The lowest BCUT2D eigenvalue weighted by molar-refractivity contribution is 0.175. The number of likely N-dealkylation sites (tertiary alicyclic amines) is 1. The third-order valence-electron chi connectivity index (χ3n) is 4.96. The molecule has 26 heavy (non-hydrogen) atoms. The first-order chi connectivity index (χ1) is 12.9. The SMILES string of the molecule is c1ccc(CCc2noc(CN3CCCC(c4ccccn4)C3)n2)cc1. The van der Waals surface area contributed by atoms with Crippen LogP contribution in [0.5, 0.6) is 0 Å². The lowest BCUT2D eigenvalue weighted by atomic mass is 9.94. The first-order valence-corrected chi connectivity index (χ1v) is 9.35. The minimum absolute atomic E-state index is 0.491. The fourth-order valence-electron chi connectivity index (χ4n) is 3.61. The van der Waals surface area contributed by atoms with Gasteiger partial charge in [0.15, 0.2) is 5.82 Å². The van der Waals surface area contributed by atoms with Crippen LogP contribution in [0.4, 0.5) is 0 Å². The topological polar surface area (TPSA) is 55.1 Å². The molecule has 3 aromatic rings. The molecular formula is C21H24N4O. The molecule has 1 aliphatic heterocycles. The number of hydrogen-bond donors (Lipinski definition) is 0. The van der Waals surface area contributed by atoms with Gasteiger partial charge in [-0.05, 0) is 43.5 Å². The molecule has 3 heterocycles. The van der Waals surface area contributed by atoms with Crippen molar-refractivity contribution in [2.45, 2.75) is 38.1 Å². The number of benzene rings is 1. The summed E-state index contributed by atoms with van der Waals surface area (Å²) in [4.78, 5) is 11.5. The fraction of sp³-hybridized carbons (Fsp3) is 0.381. The second-order valence-electron chi connectivity index (χ2n) is 6.92. The Balaban J connectivity index is 1.32. The molecule has 1 aromatic carbocycles. The molecule has 1 atom stereocenters. The lowest BCUT2D eigenvalue weighted by Crippen LogP contribution is -2.34. The van der Waals surface area contributed by atoms with Crippen LogP contribution in [0.25, 0.3) is 0 Å². The Labute approximate surface area is 154 Å². The summed E-state index contributed by atoms with van der Waals surface area (Å²) in [6.07, 6.45) is 6.00. The van der Waals surface area contributed by atoms with Gasteiger partial charge in [0, 0.05) is 30.8 Å². The Morgan fingerprint density at radius 3 is 2.77 bits per heavy atom. The van der Waals surface area contributed by atoms with E-state index in [1.165, 1.54) is 24.1 Å². The zero-order chi connectivity index (χ0) is 17.6. The van der Waals surface area contributed by atoms with Crippen LogP contribution in [-0.2, 0) is 19.4 Å². The van der Waals surface area contributed by atoms with Gasteiger partial charge in [-0.1, -0.05) is 41.6 Å². The third kappa shape index (κ3) is 4.35. The molecule has 0 bridgehead atoms. The average Bonchev–Trinajstić information content (AvgIpc) is 3.15. The number of hydrogen-bond acceptors (Lipinski definition) is 5. The van der Waals surface area contributed by atoms with Crippen LogP contribution in [0, 0.1) is 0 Å². The Hall–Kier alpha value is -2.53. The molecule has 1 fully saturated rings. The van der Waals surface area contributed by atoms with Gasteiger partial charge in [0.05, 0.1) is 6.54 Å². The molecule has 0 amide bonds. The average molecular weight is 348 g/mol. The zero-order valence-corrected chi connectivity index (χ0v) is 14.9. The highest BCUT2D eigenvalue weighted by Gasteiger charge is 2.23. The highest BCUT2D eigenvalue weighted by Crippen LogP contribution is 2.26. The van der Waals surface area contributed by atoms with Crippen molar-refractivity contribution in [1.29, 1.82) is 0 Å². The van der Waals surface area contributed by atoms with E-state index in [2.05, 4.69) is 56.4 Å². The summed E-state index contributed by atoms with van der Waals surface area (Å²) in [5, 5.41) is 4.15. The smallest absolute Gasteiger partial charge is 0.240 e. The van der Waals surface area contributed by atoms with Gasteiger partial charge < -0.3 is 4.52 Å². The summed E-state index contributed by atoms with van der Waals surface area (Å²) in [6.45, 7) is 2.80. The summed E-state index contributed by atoms with van der Waals surface area (Å²) in [7, 11) is 0. The van der Waals surface area contributed by atoms with Gasteiger partial charge in [0.25, 0.3) is 0 Å². The number of rotatable bonds is 6. The minimum atomic E-state index is 0.491. The van der Waals surface area contributed by atoms with E-state index in [1.807, 2.05) is 18.3 Å². The maximum atomic E-state index is 5.48. The molecule has 0 saturated carbocycles. The van der Waals surface area contributed by atoms with Crippen LogP contribution >= 0.6 is 0 Å². The van der Waals surface area contributed by atoms with Crippen molar-refractivity contribution in [2.75, 3.05) is 13.1 Å². The molecule has 4 rings (SSSR count). The van der Waals surface area contributed by atoms with Crippen LogP contribution in [0.2, 0.25) is 0 Å². The predicted octanol–water partition coefficient (Wildman–Crippen LogP) is 3.63. The van der Waals surface area contributed by atoms with Crippen molar-refractivity contribution in [3.63, 3.8) is 0 Å². The molecule has 134 valence electrons. The first kappa shape index (κ1) is 16.9. The van der Waals surface area contributed by atoms with E-state index >= 15 is 0 Å². The molecule has 1 unspecified atom stereocenters. The zero-order valence-electron chi connectivity index (χ0n) is 14.9. The molecule has 1 aliphatic rings. The number of pyridine rings is 1. The maximum Gasteiger partial charge on any atom is 0.240 e. The van der Waals surface area contributed by atoms with Gasteiger partial charge in [-0.25, -0.2) is 0 Å². The normalized spacial score (nSPS) is 18.1. The quantitative estimate of drug-likeness (QED) is 0.681. The predicted molar refractivity (Wildman–Crippen MR) is 99.6 cm³/mol. The highest BCUT2D eigenvalue weighted by atomic mass is 16.5. The van der Waals surface area contributed by atoms with Crippen LogP contribution < -0.4 is 0 Å². The molecule has 0 N–H and O–H groups in total. The Morgan fingerprint density at radius 1 is 1.04 bits per heavy atom. The van der Waals surface area contributed by atoms with Gasteiger partial charge in [0.1, 0.15) is 0 Å². The summed E-state index contributed by atoms with van der Waals surface area (Å²) < 4.78 is 5.48. The van der Waals surface area contributed by atoms with Gasteiger partial charge in [-0.3, -0.25) is 9.88 Å². The van der Waals surface area contributed by atoms with E-state index in [0.29, 0.717) is 5.92 Å². The molecule has 2 aromatic heterocycles. The molecule has 1 saturated heterocycles. The van der Waals surface area contributed by atoms with E-state index < -0.39 is 0 Å². The van der Waals surface area contributed by atoms with Crippen LogP contribution in [-0.4, -0.2) is 33.1 Å². The first-order valence-electron chi connectivity index (χ1n) is 9.35. The molecule has 5 heteroatoms. The van der Waals surface area contributed by atoms with Gasteiger partial charge in [-0.2, -0.15) is 4.98 Å². The van der Waals surface area contributed by atoms with Gasteiger partial charge >= 0.3 is 0 Å². The van der Waals surface area contributed by atoms with Gasteiger partial charge in [0.2, 0.25) is 5.89 Å².